The van der Waals surface area contributed by atoms with Gasteiger partial charge in [-0.3, -0.25) is 9.98 Å². The molecule has 0 spiro atoms. The summed E-state index contributed by atoms with van der Waals surface area (Å²) in [5, 5.41) is 13.4. The van der Waals surface area contributed by atoms with E-state index in [9.17, 15) is 9.50 Å². The van der Waals surface area contributed by atoms with E-state index in [0.717, 1.165) is 5.56 Å². The molecule has 0 aliphatic rings. The Bertz CT molecular complexity index is 703. The van der Waals surface area contributed by atoms with Crippen LogP contribution in [-0.4, -0.2) is 54.2 Å². The molecule has 0 radical (unpaired) electrons. The highest BCUT2D eigenvalue weighted by Gasteiger charge is 2.10. The van der Waals surface area contributed by atoms with Crippen LogP contribution >= 0.6 is 24.0 Å². The standard InChI is InChI=1S/C19H25FN4O2.HI/c1-3-22-19(23-14-17(25)15-8-10-21-11-9-15)24(2)12-13-26-18-7-5-4-6-16(18)20;/h4-11,17,25H,3,12-14H2,1-2H3,(H,22,23);1H. The molecular weight excluding hydrogens is 462 g/mol. The maximum absolute atomic E-state index is 13.6. The minimum Gasteiger partial charge on any atom is -0.489 e. The van der Waals surface area contributed by atoms with Crippen LogP contribution in [0.1, 0.15) is 18.6 Å². The number of pyridine rings is 1. The first-order chi connectivity index (χ1) is 12.6. The lowest BCUT2D eigenvalue weighted by molar-refractivity contribution is 0.186. The van der Waals surface area contributed by atoms with E-state index < -0.39 is 6.10 Å². The van der Waals surface area contributed by atoms with E-state index >= 15 is 0 Å². The number of hydrogen-bond donors (Lipinski definition) is 2. The summed E-state index contributed by atoms with van der Waals surface area (Å²) in [6.45, 7) is 3.73. The Hall–Kier alpha value is -1.94. The number of hydrogen-bond acceptors (Lipinski definition) is 4. The highest BCUT2D eigenvalue weighted by atomic mass is 127. The molecule has 27 heavy (non-hydrogen) atoms. The summed E-state index contributed by atoms with van der Waals surface area (Å²) < 4.78 is 19.0. The number of halogens is 2. The Morgan fingerprint density at radius 2 is 2.00 bits per heavy atom. The van der Waals surface area contributed by atoms with Crippen molar-refractivity contribution in [1.82, 2.24) is 15.2 Å². The fourth-order valence-electron chi connectivity index (χ4n) is 2.29. The number of guanidine groups is 1. The molecule has 148 valence electrons. The number of ether oxygens (including phenoxy) is 1. The molecule has 2 N–H and O–H groups in total. The number of likely N-dealkylation sites (N-methyl/N-ethyl adjacent to an activating group) is 1. The minimum absolute atomic E-state index is 0. The number of nitrogens with zero attached hydrogens (tertiary/aromatic N) is 3. The van der Waals surface area contributed by atoms with Gasteiger partial charge in [0.2, 0.25) is 0 Å². The van der Waals surface area contributed by atoms with Crippen LogP contribution in [0.5, 0.6) is 5.75 Å². The SMILES string of the molecule is CCNC(=NCC(O)c1ccncc1)N(C)CCOc1ccccc1F.I. The number of aromatic nitrogens is 1. The average Bonchev–Trinajstić information content (AvgIpc) is 2.67. The lowest BCUT2D eigenvalue weighted by Crippen LogP contribution is -2.41. The maximum atomic E-state index is 13.6. The van der Waals surface area contributed by atoms with E-state index in [2.05, 4.69) is 15.3 Å². The molecule has 1 aromatic carbocycles. The number of aliphatic hydroxyl groups excluding tert-OH is 1. The molecule has 1 unspecified atom stereocenters. The zero-order valence-electron chi connectivity index (χ0n) is 15.5. The molecule has 0 saturated carbocycles. The van der Waals surface area contributed by atoms with E-state index in [4.69, 9.17) is 4.74 Å². The lowest BCUT2D eigenvalue weighted by Gasteiger charge is -2.22. The zero-order chi connectivity index (χ0) is 18.8. The molecule has 2 rings (SSSR count). The molecule has 0 aliphatic carbocycles. The summed E-state index contributed by atoms with van der Waals surface area (Å²) in [6.07, 6.45) is 2.58. The highest BCUT2D eigenvalue weighted by Crippen LogP contribution is 2.15. The lowest BCUT2D eigenvalue weighted by atomic mass is 10.1. The summed E-state index contributed by atoms with van der Waals surface area (Å²) in [4.78, 5) is 10.3. The Morgan fingerprint density at radius 1 is 1.30 bits per heavy atom. The van der Waals surface area contributed by atoms with Gasteiger partial charge in [-0.1, -0.05) is 12.1 Å². The molecule has 0 bridgehead atoms. The van der Waals surface area contributed by atoms with Crippen molar-refractivity contribution < 1.29 is 14.2 Å². The Balaban J connectivity index is 0.00000364. The minimum atomic E-state index is -0.699. The van der Waals surface area contributed by atoms with Crippen molar-refractivity contribution >= 4 is 29.9 Å². The van der Waals surface area contributed by atoms with Crippen molar-refractivity contribution in [3.05, 3.63) is 60.2 Å². The molecule has 8 heteroatoms. The van der Waals surface area contributed by atoms with Crippen LogP contribution < -0.4 is 10.1 Å². The van der Waals surface area contributed by atoms with Crippen LogP contribution in [0.15, 0.2) is 53.8 Å². The van der Waals surface area contributed by atoms with Crippen molar-refractivity contribution in [1.29, 1.82) is 0 Å². The van der Waals surface area contributed by atoms with Crippen LogP contribution in [0.3, 0.4) is 0 Å². The Morgan fingerprint density at radius 3 is 2.67 bits per heavy atom. The predicted octanol–water partition coefficient (Wildman–Crippen LogP) is 2.85. The van der Waals surface area contributed by atoms with E-state index in [1.807, 2.05) is 18.9 Å². The third-order valence-electron chi connectivity index (χ3n) is 3.72. The van der Waals surface area contributed by atoms with Crippen LogP contribution in [0.2, 0.25) is 0 Å². The van der Waals surface area contributed by atoms with Gasteiger partial charge in [-0.25, -0.2) is 4.39 Å². The molecule has 1 aromatic heterocycles. The second kappa shape index (κ2) is 12.4. The quantitative estimate of drug-likeness (QED) is 0.340. The number of nitrogens with one attached hydrogen (secondary N) is 1. The van der Waals surface area contributed by atoms with Crippen molar-refractivity contribution in [2.45, 2.75) is 13.0 Å². The number of aliphatic imine (C=N–C) groups is 1. The third kappa shape index (κ3) is 7.67. The molecule has 0 aliphatic heterocycles. The fraction of sp³-hybridized carbons (Fsp3) is 0.368. The first kappa shape index (κ1) is 23.1. The summed E-state index contributed by atoms with van der Waals surface area (Å²) in [7, 11) is 1.87. The van der Waals surface area contributed by atoms with Gasteiger partial charge >= 0.3 is 0 Å². The van der Waals surface area contributed by atoms with E-state index in [0.29, 0.717) is 25.7 Å². The van der Waals surface area contributed by atoms with Gasteiger partial charge in [0.05, 0.1) is 19.2 Å². The van der Waals surface area contributed by atoms with Crippen molar-refractivity contribution in [3.63, 3.8) is 0 Å². The van der Waals surface area contributed by atoms with E-state index in [-0.39, 0.29) is 42.1 Å². The van der Waals surface area contributed by atoms with Gasteiger partial charge < -0.3 is 20.1 Å². The topological polar surface area (TPSA) is 70.0 Å². The molecule has 0 fully saturated rings. The Labute approximate surface area is 176 Å². The van der Waals surface area contributed by atoms with Crippen LogP contribution in [0, 0.1) is 5.82 Å². The second-order valence-electron chi connectivity index (χ2n) is 5.69. The number of benzene rings is 1. The predicted molar refractivity (Wildman–Crippen MR) is 115 cm³/mol. The van der Waals surface area contributed by atoms with E-state index in [1.165, 1.54) is 6.07 Å². The molecule has 2 aromatic rings. The van der Waals surface area contributed by atoms with Crippen molar-refractivity contribution in [2.75, 3.05) is 33.3 Å². The van der Waals surface area contributed by atoms with Gasteiger partial charge in [-0.2, -0.15) is 0 Å². The molecule has 6 nitrogen and oxygen atoms in total. The number of aliphatic hydroxyl groups is 1. The first-order valence-electron chi connectivity index (χ1n) is 8.56. The number of para-hydroxylation sites is 1. The maximum Gasteiger partial charge on any atom is 0.193 e. The smallest absolute Gasteiger partial charge is 0.193 e. The van der Waals surface area contributed by atoms with Crippen LogP contribution in [0.4, 0.5) is 4.39 Å². The molecule has 1 heterocycles. The summed E-state index contributed by atoms with van der Waals surface area (Å²) in [5.41, 5.74) is 0.769. The van der Waals surface area contributed by atoms with Gasteiger partial charge in [0.1, 0.15) is 6.61 Å². The van der Waals surface area contributed by atoms with Gasteiger partial charge in [0.15, 0.2) is 17.5 Å². The zero-order valence-corrected chi connectivity index (χ0v) is 17.8. The largest absolute Gasteiger partial charge is 0.489 e. The average molecular weight is 488 g/mol. The van der Waals surface area contributed by atoms with Crippen molar-refractivity contribution in [2.24, 2.45) is 4.99 Å². The summed E-state index contributed by atoms with van der Waals surface area (Å²) in [5.74, 6) is 0.505. The highest BCUT2D eigenvalue weighted by molar-refractivity contribution is 14.0. The molecule has 0 amide bonds. The first-order valence-corrected chi connectivity index (χ1v) is 8.56. The van der Waals surface area contributed by atoms with Gasteiger partial charge in [0.25, 0.3) is 0 Å². The Kier molecular flexibility index (Phi) is 10.6. The monoisotopic (exact) mass is 488 g/mol. The van der Waals surface area contributed by atoms with Crippen LogP contribution in [0.25, 0.3) is 0 Å². The number of rotatable bonds is 8. The van der Waals surface area contributed by atoms with Crippen LogP contribution in [-0.2, 0) is 0 Å². The van der Waals surface area contributed by atoms with Gasteiger partial charge in [0, 0.05) is 26.0 Å². The summed E-state index contributed by atoms with van der Waals surface area (Å²) >= 11 is 0. The normalized spacial score (nSPS) is 12.1. The van der Waals surface area contributed by atoms with E-state index in [1.54, 1.807) is 42.7 Å². The fourth-order valence-corrected chi connectivity index (χ4v) is 2.29. The van der Waals surface area contributed by atoms with Gasteiger partial charge in [-0.05, 0) is 36.8 Å². The van der Waals surface area contributed by atoms with Crippen molar-refractivity contribution in [3.8, 4) is 5.75 Å². The summed E-state index contributed by atoms with van der Waals surface area (Å²) in [6, 6.07) is 9.84. The second-order valence-corrected chi connectivity index (χ2v) is 5.69. The molecule has 1 atom stereocenters. The van der Waals surface area contributed by atoms with Gasteiger partial charge in [-0.15, -0.1) is 24.0 Å². The third-order valence-corrected chi connectivity index (χ3v) is 3.72. The molecule has 0 saturated heterocycles. The molecular formula is C19H26FIN4O2.